The fraction of sp³-hybridized carbons (Fsp3) is 0.188. The molecule has 1 unspecified atom stereocenters. The molecular weight excluding hydrogens is 288 g/mol. The molecule has 1 heterocycles. The number of hydrogen-bond acceptors (Lipinski definition) is 5. The van der Waals surface area contributed by atoms with Gasteiger partial charge in [0.15, 0.2) is 11.9 Å². The predicted molar refractivity (Wildman–Crippen MR) is 81.5 cm³/mol. The van der Waals surface area contributed by atoms with Crippen molar-refractivity contribution in [1.82, 2.24) is 0 Å². The summed E-state index contributed by atoms with van der Waals surface area (Å²) in [4.78, 5) is 12.2. The Balaban J connectivity index is 1.67. The van der Waals surface area contributed by atoms with E-state index in [1.165, 1.54) is 10.8 Å². The van der Waals surface area contributed by atoms with Gasteiger partial charge in [0.1, 0.15) is 0 Å². The molecular formula is C16H14O4S. The first kappa shape index (κ1) is 13.8. The van der Waals surface area contributed by atoms with Crippen molar-refractivity contribution in [1.29, 1.82) is 0 Å². The molecule has 0 amide bonds. The highest BCUT2D eigenvalue weighted by Gasteiger charge is 2.33. The number of ether oxygens (including phenoxy) is 1. The first-order chi connectivity index (χ1) is 10.2. The number of cyclic esters (lactones) is 1. The summed E-state index contributed by atoms with van der Waals surface area (Å²) in [6.07, 6.45) is -0.282. The van der Waals surface area contributed by atoms with Crippen molar-refractivity contribution in [3.63, 3.8) is 0 Å². The Morgan fingerprint density at radius 2 is 1.86 bits per heavy atom. The van der Waals surface area contributed by atoms with Crippen molar-refractivity contribution >= 4 is 28.5 Å². The third-order valence-corrected chi connectivity index (χ3v) is 4.48. The van der Waals surface area contributed by atoms with E-state index < -0.39 is 17.8 Å². The van der Waals surface area contributed by atoms with Crippen molar-refractivity contribution < 1.29 is 19.7 Å². The Kier molecular flexibility index (Phi) is 3.75. The Bertz CT molecular complexity index is 718. The van der Waals surface area contributed by atoms with Gasteiger partial charge in [-0.25, -0.2) is 4.79 Å². The molecule has 0 radical (unpaired) electrons. The van der Waals surface area contributed by atoms with Crippen LogP contribution >= 0.6 is 11.8 Å². The molecule has 0 fully saturated rings. The van der Waals surface area contributed by atoms with Crippen LogP contribution in [0.1, 0.15) is 6.42 Å². The van der Waals surface area contributed by atoms with Crippen LogP contribution in [-0.2, 0) is 9.53 Å². The molecule has 2 aromatic carbocycles. The second-order valence-electron chi connectivity index (χ2n) is 4.74. The number of carbonyl (C=O) groups excluding carboxylic acids is 1. The van der Waals surface area contributed by atoms with E-state index in [4.69, 9.17) is 4.74 Å². The summed E-state index contributed by atoms with van der Waals surface area (Å²) >= 11 is 1.63. The minimum atomic E-state index is -0.854. The van der Waals surface area contributed by atoms with Gasteiger partial charge in [-0.05, 0) is 16.8 Å². The maximum absolute atomic E-state index is 11.1. The maximum atomic E-state index is 11.1. The zero-order valence-electron chi connectivity index (χ0n) is 11.2. The largest absolute Gasteiger partial charge is 0.505 e. The van der Waals surface area contributed by atoms with E-state index in [2.05, 4.69) is 18.2 Å². The van der Waals surface area contributed by atoms with Crippen LogP contribution in [0.4, 0.5) is 0 Å². The molecule has 1 aliphatic heterocycles. The number of carbonyl (C=O) groups is 1. The van der Waals surface area contributed by atoms with Gasteiger partial charge in [-0.1, -0.05) is 36.4 Å². The minimum Gasteiger partial charge on any atom is -0.505 e. The zero-order valence-corrected chi connectivity index (χ0v) is 12.0. The van der Waals surface area contributed by atoms with E-state index >= 15 is 0 Å². The Hall–Kier alpha value is -2.14. The molecule has 0 bridgehead atoms. The Morgan fingerprint density at radius 1 is 1.10 bits per heavy atom. The van der Waals surface area contributed by atoms with Gasteiger partial charge in [-0.15, -0.1) is 11.8 Å². The van der Waals surface area contributed by atoms with E-state index in [1.54, 1.807) is 11.8 Å². The highest BCUT2D eigenvalue weighted by atomic mass is 32.2. The minimum absolute atomic E-state index is 0.362. The summed E-state index contributed by atoms with van der Waals surface area (Å²) in [5.41, 5.74) is 0. The summed E-state index contributed by atoms with van der Waals surface area (Å²) in [6, 6.07) is 14.2. The highest BCUT2D eigenvalue weighted by Crippen LogP contribution is 2.30. The van der Waals surface area contributed by atoms with Gasteiger partial charge in [0.05, 0.1) is 0 Å². The molecule has 0 aliphatic carbocycles. The maximum Gasteiger partial charge on any atom is 0.377 e. The number of aliphatic hydroxyl groups excluding tert-OH is 2. The first-order valence-corrected chi connectivity index (χ1v) is 7.59. The molecule has 2 N–H and O–H groups in total. The second-order valence-corrected chi connectivity index (χ2v) is 5.88. The Morgan fingerprint density at radius 3 is 2.62 bits per heavy atom. The lowest BCUT2D eigenvalue weighted by molar-refractivity contribution is -0.142. The second kappa shape index (κ2) is 5.69. The molecule has 2 aromatic rings. The van der Waals surface area contributed by atoms with Gasteiger partial charge in [0.25, 0.3) is 0 Å². The number of aliphatic hydroxyl groups is 2. The van der Waals surface area contributed by atoms with Crippen LogP contribution in [0.15, 0.2) is 58.9 Å². The normalized spacial score (nSPS) is 18.3. The van der Waals surface area contributed by atoms with Crippen molar-refractivity contribution in [2.45, 2.75) is 17.4 Å². The summed E-state index contributed by atoms with van der Waals surface area (Å²) < 4.78 is 4.88. The zero-order chi connectivity index (χ0) is 14.8. The van der Waals surface area contributed by atoms with Gasteiger partial charge < -0.3 is 14.9 Å². The summed E-state index contributed by atoms with van der Waals surface area (Å²) in [6.45, 7) is 0. The molecule has 4 nitrogen and oxygen atoms in total. The van der Waals surface area contributed by atoms with E-state index in [0.29, 0.717) is 12.2 Å². The van der Waals surface area contributed by atoms with Crippen LogP contribution in [0.25, 0.3) is 10.8 Å². The molecule has 0 saturated carbocycles. The average molecular weight is 302 g/mol. The van der Waals surface area contributed by atoms with Gasteiger partial charge >= 0.3 is 5.97 Å². The third-order valence-electron chi connectivity index (χ3n) is 3.38. The topological polar surface area (TPSA) is 66.8 Å². The lowest BCUT2D eigenvalue weighted by Crippen LogP contribution is -2.12. The fourth-order valence-corrected chi connectivity index (χ4v) is 3.36. The van der Waals surface area contributed by atoms with Crippen molar-refractivity contribution in [2.24, 2.45) is 0 Å². The molecule has 0 spiro atoms. The van der Waals surface area contributed by atoms with E-state index in [1.807, 2.05) is 24.3 Å². The number of fused-ring (bicyclic) bond motifs is 1. The third kappa shape index (κ3) is 2.69. The molecule has 21 heavy (non-hydrogen) atoms. The van der Waals surface area contributed by atoms with Crippen molar-refractivity contribution in [2.75, 3.05) is 5.75 Å². The summed E-state index contributed by atoms with van der Waals surface area (Å²) in [5.74, 6) is -1.22. The van der Waals surface area contributed by atoms with E-state index in [0.717, 1.165) is 4.90 Å². The molecule has 1 atom stereocenters. The van der Waals surface area contributed by atoms with Gasteiger partial charge in [0, 0.05) is 17.1 Å². The van der Waals surface area contributed by atoms with Gasteiger partial charge in [0.2, 0.25) is 5.76 Å². The van der Waals surface area contributed by atoms with Crippen LogP contribution in [0.2, 0.25) is 0 Å². The van der Waals surface area contributed by atoms with Crippen LogP contribution in [-0.4, -0.2) is 28.0 Å². The number of hydrogen-bond donors (Lipinski definition) is 2. The Labute approximate surface area is 126 Å². The molecule has 3 rings (SSSR count). The lowest BCUT2D eigenvalue weighted by atomic mass is 10.1. The van der Waals surface area contributed by atoms with Crippen LogP contribution in [0, 0.1) is 0 Å². The van der Waals surface area contributed by atoms with Crippen LogP contribution in [0.3, 0.4) is 0 Å². The van der Waals surface area contributed by atoms with Crippen LogP contribution in [0.5, 0.6) is 0 Å². The van der Waals surface area contributed by atoms with Gasteiger partial charge in [-0.2, -0.15) is 0 Å². The first-order valence-electron chi connectivity index (χ1n) is 6.60. The summed E-state index contributed by atoms with van der Waals surface area (Å²) in [7, 11) is 0. The smallest absolute Gasteiger partial charge is 0.377 e. The molecule has 0 aromatic heterocycles. The number of rotatable bonds is 4. The monoisotopic (exact) mass is 302 g/mol. The molecule has 108 valence electrons. The number of thioether (sulfide) groups is 1. The predicted octanol–water partition coefficient (Wildman–Crippen LogP) is 3.58. The van der Waals surface area contributed by atoms with Gasteiger partial charge in [-0.3, -0.25) is 0 Å². The summed E-state index contributed by atoms with van der Waals surface area (Å²) in [5, 5.41) is 21.2. The van der Waals surface area contributed by atoms with Crippen LogP contribution < -0.4 is 0 Å². The quantitative estimate of drug-likeness (QED) is 0.667. The highest BCUT2D eigenvalue weighted by molar-refractivity contribution is 7.99. The molecule has 0 saturated heterocycles. The van der Waals surface area contributed by atoms with E-state index in [-0.39, 0.29) is 5.76 Å². The van der Waals surface area contributed by atoms with Crippen molar-refractivity contribution in [3.8, 4) is 0 Å². The van der Waals surface area contributed by atoms with E-state index in [9.17, 15) is 15.0 Å². The lowest BCUT2D eigenvalue weighted by Gasteiger charge is -2.10. The number of benzene rings is 2. The average Bonchev–Trinajstić information content (AvgIpc) is 2.75. The standard InChI is InChI=1S/C16H14O4S/c17-14-12(20-16(19)15(14)18)8-9-21-13-7-3-5-10-4-1-2-6-11(10)13/h1-7,12,17-18H,8-9H2. The fourth-order valence-electron chi connectivity index (χ4n) is 2.29. The molecule has 1 aliphatic rings. The number of esters is 1. The molecule has 5 heteroatoms. The van der Waals surface area contributed by atoms with Crippen molar-refractivity contribution in [3.05, 3.63) is 54.0 Å². The SMILES string of the molecule is O=C1OC(CCSc2cccc3ccccc23)C(O)=C1O.